The quantitative estimate of drug-likeness (QED) is 0.892. The number of nitrogens with zero attached hydrogens (tertiary/aromatic N) is 1. The zero-order valence-electron chi connectivity index (χ0n) is 11.5. The van der Waals surface area contributed by atoms with Gasteiger partial charge >= 0.3 is 0 Å². The second kappa shape index (κ2) is 6.34. The summed E-state index contributed by atoms with van der Waals surface area (Å²) in [5.74, 6) is 0. The highest BCUT2D eigenvalue weighted by atomic mass is 16.1. The molecule has 0 aliphatic carbocycles. The number of pyridine rings is 1. The molecule has 19 heavy (non-hydrogen) atoms. The predicted octanol–water partition coefficient (Wildman–Crippen LogP) is 2.51. The molecule has 0 aliphatic rings. The van der Waals surface area contributed by atoms with Gasteiger partial charge in [0, 0.05) is 31.4 Å². The SMILES string of the molecule is Cc1cccc([C@@H](C)NCCn2ccccc2=O)c1. The van der Waals surface area contributed by atoms with Crippen molar-refractivity contribution in [1.82, 2.24) is 9.88 Å². The van der Waals surface area contributed by atoms with Crippen LogP contribution < -0.4 is 10.9 Å². The molecule has 100 valence electrons. The Hall–Kier alpha value is -1.87. The number of rotatable bonds is 5. The Labute approximate surface area is 113 Å². The monoisotopic (exact) mass is 256 g/mol. The van der Waals surface area contributed by atoms with Gasteiger partial charge in [0.15, 0.2) is 0 Å². The second-order valence-corrected chi connectivity index (χ2v) is 4.82. The Morgan fingerprint density at radius 3 is 2.79 bits per heavy atom. The van der Waals surface area contributed by atoms with Crippen molar-refractivity contribution in [3.05, 3.63) is 70.1 Å². The lowest BCUT2D eigenvalue weighted by Gasteiger charge is -2.15. The Kier molecular flexibility index (Phi) is 4.53. The summed E-state index contributed by atoms with van der Waals surface area (Å²) < 4.78 is 1.72. The van der Waals surface area contributed by atoms with Crippen LogP contribution in [0.15, 0.2) is 53.5 Å². The summed E-state index contributed by atoms with van der Waals surface area (Å²) in [4.78, 5) is 11.5. The molecular weight excluding hydrogens is 236 g/mol. The van der Waals surface area contributed by atoms with Gasteiger partial charge in [0.2, 0.25) is 0 Å². The summed E-state index contributed by atoms with van der Waals surface area (Å²) in [6.07, 6.45) is 1.82. The fourth-order valence-electron chi connectivity index (χ4n) is 2.10. The van der Waals surface area contributed by atoms with Crippen LogP contribution in [0.5, 0.6) is 0 Å². The molecule has 1 aromatic heterocycles. The molecule has 0 unspecified atom stereocenters. The van der Waals surface area contributed by atoms with Crippen LogP contribution in [0.1, 0.15) is 24.1 Å². The van der Waals surface area contributed by atoms with Crippen LogP contribution in [0.3, 0.4) is 0 Å². The first kappa shape index (κ1) is 13.6. The molecule has 1 heterocycles. The first-order valence-corrected chi connectivity index (χ1v) is 6.62. The van der Waals surface area contributed by atoms with Crippen molar-refractivity contribution in [3.8, 4) is 0 Å². The topological polar surface area (TPSA) is 34.0 Å². The first-order chi connectivity index (χ1) is 9.16. The zero-order valence-corrected chi connectivity index (χ0v) is 11.5. The Morgan fingerprint density at radius 2 is 2.05 bits per heavy atom. The molecule has 0 saturated carbocycles. The van der Waals surface area contributed by atoms with Crippen molar-refractivity contribution in [3.63, 3.8) is 0 Å². The van der Waals surface area contributed by atoms with E-state index < -0.39 is 0 Å². The van der Waals surface area contributed by atoms with Crippen molar-refractivity contribution in [2.24, 2.45) is 0 Å². The predicted molar refractivity (Wildman–Crippen MR) is 78.3 cm³/mol. The minimum Gasteiger partial charge on any atom is -0.314 e. The Bertz CT molecular complexity index is 589. The summed E-state index contributed by atoms with van der Waals surface area (Å²) in [5.41, 5.74) is 2.60. The molecule has 0 radical (unpaired) electrons. The van der Waals surface area contributed by atoms with Gasteiger partial charge in [0.1, 0.15) is 0 Å². The van der Waals surface area contributed by atoms with Gasteiger partial charge in [-0.3, -0.25) is 4.79 Å². The van der Waals surface area contributed by atoms with Crippen molar-refractivity contribution in [2.45, 2.75) is 26.4 Å². The normalized spacial score (nSPS) is 12.3. The lowest BCUT2D eigenvalue weighted by Crippen LogP contribution is -2.27. The van der Waals surface area contributed by atoms with E-state index in [9.17, 15) is 4.79 Å². The summed E-state index contributed by atoms with van der Waals surface area (Å²) in [6.45, 7) is 5.71. The average Bonchev–Trinajstić information content (AvgIpc) is 2.41. The van der Waals surface area contributed by atoms with E-state index in [4.69, 9.17) is 0 Å². The highest BCUT2D eigenvalue weighted by Gasteiger charge is 2.04. The number of hydrogen-bond acceptors (Lipinski definition) is 2. The molecule has 3 heteroatoms. The van der Waals surface area contributed by atoms with E-state index in [1.165, 1.54) is 11.1 Å². The van der Waals surface area contributed by atoms with E-state index in [-0.39, 0.29) is 5.56 Å². The van der Waals surface area contributed by atoms with Crippen LogP contribution in [0.25, 0.3) is 0 Å². The van der Waals surface area contributed by atoms with Gasteiger partial charge in [-0.05, 0) is 25.5 Å². The van der Waals surface area contributed by atoms with Gasteiger partial charge in [0.05, 0.1) is 0 Å². The van der Waals surface area contributed by atoms with Crippen LogP contribution >= 0.6 is 0 Å². The molecule has 0 saturated heterocycles. The number of hydrogen-bond donors (Lipinski definition) is 1. The van der Waals surface area contributed by atoms with E-state index in [0.717, 1.165) is 6.54 Å². The van der Waals surface area contributed by atoms with Gasteiger partial charge in [-0.25, -0.2) is 0 Å². The zero-order chi connectivity index (χ0) is 13.7. The fraction of sp³-hybridized carbons (Fsp3) is 0.312. The van der Waals surface area contributed by atoms with Crippen molar-refractivity contribution < 1.29 is 0 Å². The van der Waals surface area contributed by atoms with E-state index >= 15 is 0 Å². The van der Waals surface area contributed by atoms with E-state index in [1.54, 1.807) is 16.7 Å². The van der Waals surface area contributed by atoms with Crippen molar-refractivity contribution >= 4 is 0 Å². The summed E-state index contributed by atoms with van der Waals surface area (Å²) in [5, 5.41) is 3.44. The maximum atomic E-state index is 11.5. The molecule has 0 fully saturated rings. The van der Waals surface area contributed by atoms with Crippen LogP contribution in [0.4, 0.5) is 0 Å². The van der Waals surface area contributed by atoms with Gasteiger partial charge in [-0.15, -0.1) is 0 Å². The van der Waals surface area contributed by atoms with Crippen molar-refractivity contribution in [2.75, 3.05) is 6.54 Å². The molecule has 0 bridgehead atoms. The maximum absolute atomic E-state index is 11.5. The largest absolute Gasteiger partial charge is 0.314 e. The lowest BCUT2D eigenvalue weighted by atomic mass is 10.1. The first-order valence-electron chi connectivity index (χ1n) is 6.62. The Morgan fingerprint density at radius 1 is 1.21 bits per heavy atom. The third-order valence-electron chi connectivity index (χ3n) is 3.24. The summed E-state index contributed by atoms with van der Waals surface area (Å²) in [6, 6.07) is 14.0. The van der Waals surface area contributed by atoms with Gasteiger partial charge in [-0.2, -0.15) is 0 Å². The molecular formula is C16H20N2O. The van der Waals surface area contributed by atoms with E-state index in [0.29, 0.717) is 12.6 Å². The van der Waals surface area contributed by atoms with Gasteiger partial charge in [-0.1, -0.05) is 35.9 Å². The number of aryl methyl sites for hydroxylation is 1. The van der Waals surface area contributed by atoms with E-state index in [2.05, 4.69) is 43.4 Å². The van der Waals surface area contributed by atoms with Crippen LogP contribution in [0, 0.1) is 6.92 Å². The Balaban J connectivity index is 1.89. The smallest absolute Gasteiger partial charge is 0.250 e. The highest BCUT2D eigenvalue weighted by Crippen LogP contribution is 2.13. The number of nitrogens with one attached hydrogen (secondary N) is 1. The molecule has 2 aromatic rings. The van der Waals surface area contributed by atoms with Crippen LogP contribution in [-0.4, -0.2) is 11.1 Å². The lowest BCUT2D eigenvalue weighted by molar-refractivity contribution is 0.524. The average molecular weight is 256 g/mol. The van der Waals surface area contributed by atoms with Gasteiger partial charge < -0.3 is 9.88 Å². The second-order valence-electron chi connectivity index (χ2n) is 4.82. The molecule has 0 amide bonds. The fourth-order valence-corrected chi connectivity index (χ4v) is 2.10. The van der Waals surface area contributed by atoms with E-state index in [1.807, 2.05) is 12.3 Å². The third kappa shape index (κ3) is 3.80. The molecule has 1 atom stereocenters. The van der Waals surface area contributed by atoms with Crippen LogP contribution in [-0.2, 0) is 6.54 Å². The molecule has 0 spiro atoms. The molecule has 1 aromatic carbocycles. The molecule has 1 N–H and O–H groups in total. The summed E-state index contributed by atoms with van der Waals surface area (Å²) >= 11 is 0. The minimum absolute atomic E-state index is 0.0486. The number of aromatic nitrogens is 1. The maximum Gasteiger partial charge on any atom is 0.250 e. The minimum atomic E-state index is 0.0486. The van der Waals surface area contributed by atoms with Crippen LogP contribution in [0.2, 0.25) is 0 Å². The van der Waals surface area contributed by atoms with Crippen molar-refractivity contribution in [1.29, 1.82) is 0 Å². The number of benzene rings is 1. The summed E-state index contributed by atoms with van der Waals surface area (Å²) in [7, 11) is 0. The van der Waals surface area contributed by atoms with Gasteiger partial charge in [0.25, 0.3) is 5.56 Å². The standard InChI is InChI=1S/C16H20N2O/c1-13-6-5-7-15(12-13)14(2)17-9-11-18-10-4-3-8-16(18)19/h3-8,10,12,14,17H,9,11H2,1-2H3/t14-/m1/s1. The molecule has 3 nitrogen and oxygen atoms in total. The molecule has 2 rings (SSSR count). The third-order valence-corrected chi connectivity index (χ3v) is 3.24. The molecule has 0 aliphatic heterocycles. The highest BCUT2D eigenvalue weighted by molar-refractivity contribution is 5.24.